The van der Waals surface area contributed by atoms with Crippen LogP contribution in [0.1, 0.15) is 78.3 Å². The van der Waals surface area contributed by atoms with Crippen molar-refractivity contribution in [3.8, 4) is 0 Å². The molecule has 3 aliphatic rings. The molecule has 3 aliphatic heterocycles. The highest BCUT2D eigenvalue weighted by molar-refractivity contribution is 6.42. The molecular weight excluding hydrogens is 701 g/mol. The van der Waals surface area contributed by atoms with E-state index in [4.69, 9.17) is 23.2 Å². The molecule has 10 nitrogen and oxygen atoms in total. The van der Waals surface area contributed by atoms with E-state index in [1.54, 1.807) is 45.0 Å². The number of benzene rings is 3. The minimum absolute atomic E-state index is 0.0169. The van der Waals surface area contributed by atoms with Crippen LogP contribution in [0.5, 0.6) is 0 Å². The lowest BCUT2D eigenvalue weighted by atomic mass is 9.97. The van der Waals surface area contributed by atoms with Gasteiger partial charge in [-0.25, -0.2) is 4.79 Å². The number of piperazine rings is 2. The minimum Gasteiger partial charge on any atom is -0.465 e. The topological polar surface area (TPSA) is 105 Å². The van der Waals surface area contributed by atoms with E-state index in [0.29, 0.717) is 60.4 Å². The lowest BCUT2D eigenvalue weighted by Gasteiger charge is -2.43. The van der Waals surface area contributed by atoms with Crippen molar-refractivity contribution in [2.75, 3.05) is 39.3 Å². The molecule has 1 N–H and O–H groups in total. The number of hydrogen-bond donors (Lipinski definition) is 1. The zero-order valence-electron chi connectivity index (χ0n) is 30.4. The van der Waals surface area contributed by atoms with E-state index >= 15 is 0 Å². The molecule has 0 radical (unpaired) electrons. The molecule has 2 bridgehead atoms. The van der Waals surface area contributed by atoms with Gasteiger partial charge in [-0.05, 0) is 76.4 Å². The van der Waals surface area contributed by atoms with Crippen LogP contribution in [0, 0.1) is 13.8 Å². The number of nitrogens with zero attached hydrogens (tertiary/aromatic N) is 5. The average molecular weight is 749 g/mol. The van der Waals surface area contributed by atoms with Gasteiger partial charge in [0.25, 0.3) is 11.8 Å². The first-order valence-corrected chi connectivity index (χ1v) is 18.6. The molecule has 3 saturated heterocycles. The van der Waals surface area contributed by atoms with Crippen LogP contribution < -0.4 is 0 Å². The number of fused-ring (bicyclic) bond motifs is 2. The maximum absolute atomic E-state index is 14.2. The van der Waals surface area contributed by atoms with E-state index in [1.165, 1.54) is 4.90 Å². The monoisotopic (exact) mass is 747 g/mol. The van der Waals surface area contributed by atoms with Gasteiger partial charge in [0.15, 0.2) is 0 Å². The predicted molar refractivity (Wildman–Crippen MR) is 202 cm³/mol. The second-order valence-electron chi connectivity index (χ2n) is 15.3. The Labute approximate surface area is 315 Å². The third-order valence-corrected chi connectivity index (χ3v) is 11.3. The molecule has 3 aromatic rings. The van der Waals surface area contributed by atoms with Crippen LogP contribution in [0.25, 0.3) is 0 Å². The summed E-state index contributed by atoms with van der Waals surface area (Å²) in [4.78, 5) is 63.5. The summed E-state index contributed by atoms with van der Waals surface area (Å²) in [5.41, 5.74) is 3.32. The minimum atomic E-state index is -1.14. The van der Waals surface area contributed by atoms with Crippen molar-refractivity contribution in [3.63, 3.8) is 0 Å². The highest BCUT2D eigenvalue weighted by Crippen LogP contribution is 2.37. The summed E-state index contributed by atoms with van der Waals surface area (Å²) in [6, 6.07) is 18.9. The third kappa shape index (κ3) is 7.80. The third-order valence-electron chi connectivity index (χ3n) is 10.6. The molecule has 0 saturated carbocycles. The molecule has 0 aromatic heterocycles. The van der Waals surface area contributed by atoms with Gasteiger partial charge in [0.05, 0.1) is 16.1 Å². The van der Waals surface area contributed by atoms with Crippen LogP contribution in [0.4, 0.5) is 4.79 Å². The zero-order chi connectivity index (χ0) is 37.5. The number of carboxylic acid groups (broad SMARTS) is 1. The Bertz CT molecular complexity index is 1830. The number of halogens is 2. The van der Waals surface area contributed by atoms with Gasteiger partial charge in [-0.3, -0.25) is 24.2 Å². The molecule has 4 amide bonds. The van der Waals surface area contributed by atoms with E-state index in [2.05, 4.69) is 4.90 Å². The number of carbonyl (C=O) groups is 4. The first kappa shape index (κ1) is 37.6. The van der Waals surface area contributed by atoms with E-state index in [9.17, 15) is 24.3 Å². The Morgan fingerprint density at radius 2 is 1.54 bits per heavy atom. The van der Waals surface area contributed by atoms with Crippen LogP contribution in [-0.2, 0) is 9.59 Å². The van der Waals surface area contributed by atoms with E-state index in [0.717, 1.165) is 23.1 Å². The van der Waals surface area contributed by atoms with Crippen molar-refractivity contribution in [1.29, 1.82) is 0 Å². The molecule has 12 heteroatoms. The fraction of sp³-hybridized carbons (Fsp3) is 0.450. The van der Waals surface area contributed by atoms with Crippen molar-refractivity contribution in [2.24, 2.45) is 0 Å². The van der Waals surface area contributed by atoms with Crippen LogP contribution in [0.3, 0.4) is 0 Å². The molecule has 0 unspecified atom stereocenters. The molecule has 3 heterocycles. The van der Waals surface area contributed by atoms with Gasteiger partial charge >= 0.3 is 6.09 Å². The van der Waals surface area contributed by atoms with Crippen molar-refractivity contribution in [1.82, 2.24) is 24.5 Å². The molecule has 52 heavy (non-hydrogen) atoms. The van der Waals surface area contributed by atoms with Gasteiger partial charge in [-0.15, -0.1) is 0 Å². The summed E-state index contributed by atoms with van der Waals surface area (Å²) in [6.07, 6.45) is -0.0904. The molecule has 3 aromatic carbocycles. The van der Waals surface area contributed by atoms with Crippen LogP contribution >= 0.6 is 23.2 Å². The van der Waals surface area contributed by atoms with Crippen LogP contribution in [-0.4, -0.2) is 110 Å². The average Bonchev–Trinajstić information content (AvgIpc) is 3.70. The van der Waals surface area contributed by atoms with Gasteiger partial charge in [0, 0.05) is 68.9 Å². The van der Waals surface area contributed by atoms with Crippen molar-refractivity contribution < 1.29 is 24.3 Å². The van der Waals surface area contributed by atoms with Crippen LogP contribution in [0.2, 0.25) is 10.0 Å². The van der Waals surface area contributed by atoms with E-state index in [1.807, 2.05) is 71.0 Å². The summed E-state index contributed by atoms with van der Waals surface area (Å²) >= 11 is 12.7. The summed E-state index contributed by atoms with van der Waals surface area (Å²) in [5, 5.41) is 11.1. The van der Waals surface area contributed by atoms with E-state index in [-0.39, 0.29) is 36.2 Å². The maximum atomic E-state index is 14.2. The first-order chi connectivity index (χ1) is 24.6. The van der Waals surface area contributed by atoms with Crippen molar-refractivity contribution in [2.45, 2.75) is 77.2 Å². The number of hydrogen-bond acceptors (Lipinski definition) is 5. The Morgan fingerprint density at radius 1 is 0.846 bits per heavy atom. The number of carbonyl (C=O) groups excluding carboxylic acids is 3. The first-order valence-electron chi connectivity index (χ1n) is 17.9. The van der Waals surface area contributed by atoms with E-state index < -0.39 is 23.7 Å². The van der Waals surface area contributed by atoms with Crippen molar-refractivity contribution in [3.05, 3.63) is 105 Å². The van der Waals surface area contributed by atoms with Crippen molar-refractivity contribution >= 4 is 47.0 Å². The Balaban J connectivity index is 1.14. The van der Waals surface area contributed by atoms with Gasteiger partial charge in [-0.1, -0.05) is 76.8 Å². The second kappa shape index (κ2) is 15.1. The molecular formula is C40H47Cl2N5O5. The molecule has 276 valence electrons. The molecule has 0 spiro atoms. The molecule has 4 atom stereocenters. The van der Waals surface area contributed by atoms with Gasteiger partial charge in [0.1, 0.15) is 6.04 Å². The zero-order valence-corrected chi connectivity index (χ0v) is 31.9. The molecule has 3 fully saturated rings. The fourth-order valence-corrected chi connectivity index (χ4v) is 8.51. The second-order valence-corrected chi connectivity index (χ2v) is 16.1. The Morgan fingerprint density at radius 3 is 2.13 bits per heavy atom. The van der Waals surface area contributed by atoms with Gasteiger partial charge in [0.2, 0.25) is 5.91 Å². The number of amides is 4. The number of rotatable bonds is 8. The normalized spacial score (nSPS) is 21.0. The van der Waals surface area contributed by atoms with Crippen LogP contribution in [0.15, 0.2) is 66.7 Å². The van der Waals surface area contributed by atoms with Gasteiger partial charge in [-0.2, -0.15) is 0 Å². The number of likely N-dealkylation sites (tertiary alicyclic amines) is 2. The fourth-order valence-electron chi connectivity index (χ4n) is 8.21. The lowest BCUT2D eigenvalue weighted by Crippen LogP contribution is -2.56. The van der Waals surface area contributed by atoms with Gasteiger partial charge < -0.3 is 19.8 Å². The maximum Gasteiger partial charge on any atom is 0.408 e. The highest BCUT2D eigenvalue weighted by atomic mass is 35.5. The smallest absolute Gasteiger partial charge is 0.408 e. The summed E-state index contributed by atoms with van der Waals surface area (Å²) in [5.74, 6) is -0.305. The Kier molecular flexibility index (Phi) is 10.9. The molecule has 0 aliphatic carbocycles. The Hall–Kier alpha value is -4.12. The molecule has 6 rings (SSSR count). The SMILES string of the molecule is Cc1cc(C)cc(C(=O)N2CCN(C(=O)CCN3C[C@@H]4C[C@H]3CN4C(=O)[C@@H](c3ccccc3)N(C(=O)O)C(C)(C)C)[C@H](c3ccc(Cl)c(Cl)c3)C2)c1. The highest BCUT2D eigenvalue weighted by Gasteiger charge is 2.49. The standard InChI is InChI=1S/C40H47Cl2N5O5/c1-25-17-26(2)19-29(18-25)37(49)44-15-16-45(34(24-44)28-11-12-32(41)33(42)20-28)35(48)13-14-43-22-31-21-30(43)23-46(31)38(50)36(27-9-7-6-8-10-27)47(39(51)52)40(3,4)5/h6-12,17-20,30-31,34,36H,13-16,21-24H2,1-5H3,(H,51,52)/t30-,31-,34-,36+/m0/s1. The largest absolute Gasteiger partial charge is 0.465 e. The predicted octanol–water partition coefficient (Wildman–Crippen LogP) is 6.83. The number of aryl methyl sites for hydroxylation is 2. The summed E-state index contributed by atoms with van der Waals surface area (Å²) < 4.78 is 0. The summed E-state index contributed by atoms with van der Waals surface area (Å²) in [6.45, 7) is 12.1. The quantitative estimate of drug-likeness (QED) is 0.271. The summed E-state index contributed by atoms with van der Waals surface area (Å²) in [7, 11) is 0. The lowest BCUT2D eigenvalue weighted by molar-refractivity contribution is -0.141.